The molecule has 0 heterocycles. The SMILES string of the molecule is N#Cc1ccc(S(=O)(=O)NCC2(C(=O)O)CCCC2)cc1. The smallest absolute Gasteiger partial charge is 0.310 e. The van der Waals surface area contributed by atoms with E-state index < -0.39 is 21.4 Å². The zero-order chi connectivity index (χ0) is 15.5. The van der Waals surface area contributed by atoms with Crippen LogP contribution >= 0.6 is 0 Å². The van der Waals surface area contributed by atoms with Crippen LogP contribution in [0.5, 0.6) is 0 Å². The summed E-state index contributed by atoms with van der Waals surface area (Å²) in [6, 6.07) is 7.41. The van der Waals surface area contributed by atoms with E-state index >= 15 is 0 Å². The summed E-state index contributed by atoms with van der Waals surface area (Å²) in [6.07, 6.45) is 2.56. The van der Waals surface area contributed by atoms with E-state index in [1.807, 2.05) is 6.07 Å². The van der Waals surface area contributed by atoms with E-state index in [4.69, 9.17) is 5.26 Å². The van der Waals surface area contributed by atoms with Gasteiger partial charge in [-0.05, 0) is 37.1 Å². The minimum atomic E-state index is -3.77. The largest absolute Gasteiger partial charge is 0.481 e. The molecule has 1 aromatic carbocycles. The lowest BCUT2D eigenvalue weighted by Gasteiger charge is -2.23. The molecule has 1 fully saturated rings. The Morgan fingerprint density at radius 2 is 1.86 bits per heavy atom. The minimum Gasteiger partial charge on any atom is -0.481 e. The van der Waals surface area contributed by atoms with Crippen LogP contribution in [-0.4, -0.2) is 26.0 Å². The van der Waals surface area contributed by atoms with E-state index in [0.29, 0.717) is 18.4 Å². The number of carboxylic acid groups (broad SMARTS) is 1. The number of nitriles is 1. The molecule has 0 radical (unpaired) electrons. The zero-order valence-electron chi connectivity index (χ0n) is 11.4. The van der Waals surface area contributed by atoms with Gasteiger partial charge in [-0.1, -0.05) is 12.8 Å². The van der Waals surface area contributed by atoms with Gasteiger partial charge in [0.25, 0.3) is 0 Å². The molecule has 0 bridgehead atoms. The van der Waals surface area contributed by atoms with E-state index in [2.05, 4.69) is 4.72 Å². The van der Waals surface area contributed by atoms with Gasteiger partial charge in [-0.15, -0.1) is 0 Å². The summed E-state index contributed by atoms with van der Waals surface area (Å²) in [6.45, 7) is -0.106. The fourth-order valence-corrected chi connectivity index (χ4v) is 3.67. The first-order valence-electron chi connectivity index (χ1n) is 6.63. The van der Waals surface area contributed by atoms with Crippen LogP contribution in [0.15, 0.2) is 29.2 Å². The molecule has 0 unspecified atom stereocenters. The highest BCUT2D eigenvalue weighted by Crippen LogP contribution is 2.38. The van der Waals surface area contributed by atoms with Crippen LogP contribution in [0.3, 0.4) is 0 Å². The Bertz CT molecular complexity index is 668. The van der Waals surface area contributed by atoms with Gasteiger partial charge >= 0.3 is 5.97 Å². The molecule has 0 aromatic heterocycles. The molecule has 1 aliphatic carbocycles. The van der Waals surface area contributed by atoms with Gasteiger partial charge in [-0.25, -0.2) is 13.1 Å². The second-order valence-electron chi connectivity index (χ2n) is 5.25. The fraction of sp³-hybridized carbons (Fsp3) is 0.429. The summed E-state index contributed by atoms with van der Waals surface area (Å²) in [5.74, 6) is -0.956. The molecule has 112 valence electrons. The summed E-state index contributed by atoms with van der Waals surface area (Å²) in [7, 11) is -3.77. The van der Waals surface area contributed by atoms with Gasteiger partial charge in [0.05, 0.1) is 21.9 Å². The monoisotopic (exact) mass is 308 g/mol. The number of nitrogens with one attached hydrogen (secondary N) is 1. The number of hydrogen-bond donors (Lipinski definition) is 2. The van der Waals surface area contributed by atoms with E-state index in [1.54, 1.807) is 0 Å². The Morgan fingerprint density at radius 1 is 1.29 bits per heavy atom. The van der Waals surface area contributed by atoms with Crippen molar-refractivity contribution in [2.45, 2.75) is 30.6 Å². The fourth-order valence-electron chi connectivity index (χ4n) is 2.54. The number of carboxylic acids is 1. The van der Waals surface area contributed by atoms with Crippen molar-refractivity contribution in [1.82, 2.24) is 4.72 Å². The van der Waals surface area contributed by atoms with E-state index in [1.165, 1.54) is 24.3 Å². The van der Waals surface area contributed by atoms with E-state index in [-0.39, 0.29) is 11.4 Å². The Balaban J connectivity index is 2.14. The van der Waals surface area contributed by atoms with E-state index in [0.717, 1.165) is 12.8 Å². The van der Waals surface area contributed by atoms with Gasteiger partial charge in [-0.2, -0.15) is 5.26 Å². The predicted molar refractivity (Wildman–Crippen MR) is 74.9 cm³/mol. The Hall–Kier alpha value is -1.91. The van der Waals surface area contributed by atoms with Gasteiger partial charge < -0.3 is 5.11 Å². The molecule has 1 saturated carbocycles. The number of carbonyl (C=O) groups is 1. The maximum atomic E-state index is 12.2. The average Bonchev–Trinajstić information content (AvgIpc) is 2.96. The molecular weight excluding hydrogens is 292 g/mol. The predicted octanol–water partition coefficient (Wildman–Crippen LogP) is 1.48. The van der Waals surface area contributed by atoms with Crippen molar-refractivity contribution in [2.75, 3.05) is 6.54 Å². The molecule has 21 heavy (non-hydrogen) atoms. The molecule has 0 aliphatic heterocycles. The van der Waals surface area contributed by atoms with Crippen molar-refractivity contribution in [2.24, 2.45) is 5.41 Å². The van der Waals surface area contributed by atoms with Gasteiger partial charge in [0.1, 0.15) is 0 Å². The normalized spacial score (nSPS) is 17.3. The van der Waals surface area contributed by atoms with Crippen LogP contribution < -0.4 is 4.72 Å². The van der Waals surface area contributed by atoms with Crippen molar-refractivity contribution < 1.29 is 18.3 Å². The molecule has 7 heteroatoms. The van der Waals surface area contributed by atoms with Crippen LogP contribution in [0.2, 0.25) is 0 Å². The Labute approximate surface area is 123 Å². The second kappa shape index (κ2) is 5.84. The number of benzene rings is 1. The van der Waals surface area contributed by atoms with Crippen molar-refractivity contribution >= 4 is 16.0 Å². The first-order chi connectivity index (χ1) is 9.89. The molecule has 2 N–H and O–H groups in total. The molecular formula is C14H16N2O4S. The Morgan fingerprint density at radius 3 is 2.33 bits per heavy atom. The topological polar surface area (TPSA) is 107 Å². The van der Waals surface area contributed by atoms with Crippen LogP contribution in [0, 0.1) is 16.7 Å². The number of sulfonamides is 1. The summed E-state index contributed by atoms with van der Waals surface area (Å²) >= 11 is 0. The standard InChI is InChI=1S/C14H16N2O4S/c15-9-11-3-5-12(6-4-11)21(19,20)16-10-14(13(17)18)7-1-2-8-14/h3-6,16H,1-2,7-8,10H2,(H,17,18). The number of rotatable bonds is 5. The maximum absolute atomic E-state index is 12.2. The van der Waals surface area contributed by atoms with Crippen LogP contribution in [-0.2, 0) is 14.8 Å². The van der Waals surface area contributed by atoms with Gasteiger partial charge in [0, 0.05) is 6.54 Å². The molecule has 0 saturated heterocycles. The average molecular weight is 308 g/mol. The van der Waals surface area contributed by atoms with Crippen molar-refractivity contribution in [1.29, 1.82) is 5.26 Å². The van der Waals surface area contributed by atoms with Gasteiger partial charge in [0.15, 0.2) is 0 Å². The lowest BCUT2D eigenvalue weighted by Crippen LogP contribution is -2.41. The molecule has 0 atom stereocenters. The number of hydrogen-bond acceptors (Lipinski definition) is 4. The first kappa shape index (κ1) is 15.5. The Kier molecular flexibility index (Phi) is 4.30. The van der Waals surface area contributed by atoms with Crippen molar-refractivity contribution in [3.05, 3.63) is 29.8 Å². The molecule has 0 amide bonds. The van der Waals surface area contributed by atoms with E-state index in [9.17, 15) is 18.3 Å². The van der Waals surface area contributed by atoms with Crippen LogP contribution in [0.1, 0.15) is 31.2 Å². The molecule has 1 aromatic rings. The summed E-state index contributed by atoms with van der Waals surface area (Å²) in [5.41, 5.74) is -0.633. The number of nitrogens with zero attached hydrogens (tertiary/aromatic N) is 1. The molecule has 1 aliphatic rings. The second-order valence-corrected chi connectivity index (χ2v) is 7.02. The van der Waals surface area contributed by atoms with Gasteiger partial charge in [0.2, 0.25) is 10.0 Å². The lowest BCUT2D eigenvalue weighted by atomic mass is 9.87. The van der Waals surface area contributed by atoms with Crippen LogP contribution in [0.4, 0.5) is 0 Å². The van der Waals surface area contributed by atoms with Gasteiger partial charge in [-0.3, -0.25) is 4.79 Å². The van der Waals surface area contributed by atoms with Crippen molar-refractivity contribution in [3.63, 3.8) is 0 Å². The third kappa shape index (κ3) is 3.23. The molecule has 2 rings (SSSR count). The first-order valence-corrected chi connectivity index (χ1v) is 8.11. The summed E-state index contributed by atoms with van der Waals surface area (Å²) < 4.78 is 26.7. The number of aliphatic carboxylic acids is 1. The summed E-state index contributed by atoms with van der Waals surface area (Å²) in [4.78, 5) is 11.4. The minimum absolute atomic E-state index is 0.0278. The maximum Gasteiger partial charge on any atom is 0.310 e. The highest BCUT2D eigenvalue weighted by molar-refractivity contribution is 7.89. The quantitative estimate of drug-likeness (QED) is 0.856. The molecule has 0 spiro atoms. The lowest BCUT2D eigenvalue weighted by molar-refractivity contribution is -0.148. The van der Waals surface area contributed by atoms with Crippen LogP contribution in [0.25, 0.3) is 0 Å². The summed E-state index contributed by atoms with van der Waals surface area (Å²) in [5, 5.41) is 18.0. The molecule has 6 nitrogen and oxygen atoms in total. The third-order valence-corrected chi connectivity index (χ3v) is 5.33. The highest BCUT2D eigenvalue weighted by Gasteiger charge is 2.42. The highest BCUT2D eigenvalue weighted by atomic mass is 32.2. The third-order valence-electron chi connectivity index (χ3n) is 3.91. The van der Waals surface area contributed by atoms with Crippen molar-refractivity contribution in [3.8, 4) is 6.07 Å². The zero-order valence-corrected chi connectivity index (χ0v) is 12.2.